The molecule has 0 radical (unpaired) electrons. The molecule has 3 aromatic rings. The number of ether oxygens (including phenoxy) is 2. The normalized spacial score (nSPS) is 12.5. The van der Waals surface area contributed by atoms with Gasteiger partial charge >= 0.3 is 0 Å². The highest BCUT2D eigenvalue weighted by molar-refractivity contribution is 6.30. The lowest BCUT2D eigenvalue weighted by Gasteiger charge is -2.29. The number of carbonyl (C=O) groups is 3. The molecule has 4 rings (SSSR count). The highest BCUT2D eigenvalue weighted by Crippen LogP contribution is 2.33. The quantitative estimate of drug-likeness (QED) is 0.474. The molecule has 8 nitrogen and oxygen atoms in total. The van der Waals surface area contributed by atoms with Gasteiger partial charge < -0.3 is 14.8 Å². The third-order valence-corrected chi connectivity index (χ3v) is 5.36. The first kappa shape index (κ1) is 23.3. The van der Waals surface area contributed by atoms with E-state index in [1.165, 1.54) is 11.0 Å². The maximum Gasteiger partial charge on any atom is 0.265 e. The Morgan fingerprint density at radius 3 is 2.79 bits per heavy atom. The molecule has 9 heteroatoms. The van der Waals surface area contributed by atoms with Crippen molar-refractivity contribution in [2.45, 2.75) is 6.42 Å². The van der Waals surface area contributed by atoms with E-state index in [1.54, 1.807) is 42.6 Å². The van der Waals surface area contributed by atoms with Gasteiger partial charge in [0.15, 0.2) is 19.0 Å². The fourth-order valence-electron chi connectivity index (χ4n) is 3.41. The van der Waals surface area contributed by atoms with Crippen LogP contribution in [0.1, 0.15) is 16.1 Å². The lowest BCUT2D eigenvalue weighted by atomic mass is 10.1. The van der Waals surface area contributed by atoms with Crippen LogP contribution in [0.15, 0.2) is 66.9 Å². The van der Waals surface area contributed by atoms with Crippen LogP contribution < -0.4 is 19.7 Å². The SMILES string of the molecule is O=C(CN1C(=O)COc2ccc(C(=O)COc3cccc(Cl)c3)cc21)NCCc1ccccn1. The van der Waals surface area contributed by atoms with Crippen molar-refractivity contribution in [2.75, 3.05) is 31.2 Å². The molecule has 0 unspecified atom stereocenters. The number of pyridine rings is 1. The second kappa shape index (κ2) is 10.8. The lowest BCUT2D eigenvalue weighted by molar-refractivity contribution is -0.125. The zero-order valence-electron chi connectivity index (χ0n) is 18.2. The number of nitrogens with zero attached hydrogens (tertiary/aromatic N) is 2. The molecule has 174 valence electrons. The summed E-state index contributed by atoms with van der Waals surface area (Å²) in [5.74, 6) is -0.0830. The van der Waals surface area contributed by atoms with E-state index in [4.69, 9.17) is 21.1 Å². The van der Waals surface area contributed by atoms with Gasteiger partial charge in [-0.25, -0.2) is 0 Å². The monoisotopic (exact) mass is 479 g/mol. The van der Waals surface area contributed by atoms with Gasteiger partial charge in [0, 0.05) is 35.4 Å². The molecule has 0 saturated heterocycles. The maximum absolute atomic E-state index is 12.7. The minimum Gasteiger partial charge on any atom is -0.485 e. The Morgan fingerprint density at radius 2 is 2.00 bits per heavy atom. The molecule has 1 aliphatic heterocycles. The molecule has 0 aliphatic carbocycles. The van der Waals surface area contributed by atoms with Crippen molar-refractivity contribution in [3.05, 3.63) is 83.1 Å². The fourth-order valence-corrected chi connectivity index (χ4v) is 3.59. The summed E-state index contributed by atoms with van der Waals surface area (Å²) in [5, 5.41) is 3.30. The van der Waals surface area contributed by atoms with Crippen molar-refractivity contribution in [3.63, 3.8) is 0 Å². The number of hydrogen-bond donors (Lipinski definition) is 1. The van der Waals surface area contributed by atoms with Gasteiger partial charge in [-0.15, -0.1) is 0 Å². The van der Waals surface area contributed by atoms with E-state index in [-0.39, 0.29) is 37.4 Å². The first-order chi connectivity index (χ1) is 16.5. The van der Waals surface area contributed by atoms with Crippen LogP contribution in [0.2, 0.25) is 5.02 Å². The molecular weight excluding hydrogens is 458 g/mol. The van der Waals surface area contributed by atoms with E-state index in [0.29, 0.717) is 40.7 Å². The van der Waals surface area contributed by atoms with E-state index < -0.39 is 0 Å². The van der Waals surface area contributed by atoms with Gasteiger partial charge in [-0.3, -0.25) is 24.3 Å². The Kier molecular flexibility index (Phi) is 7.39. The number of hydrogen-bond acceptors (Lipinski definition) is 6. The molecular formula is C25H22ClN3O5. The summed E-state index contributed by atoms with van der Waals surface area (Å²) in [4.78, 5) is 43.2. The zero-order valence-corrected chi connectivity index (χ0v) is 19.0. The van der Waals surface area contributed by atoms with Crippen LogP contribution in [0.5, 0.6) is 11.5 Å². The van der Waals surface area contributed by atoms with Crippen LogP contribution in [0.25, 0.3) is 0 Å². The number of halogens is 1. The summed E-state index contributed by atoms with van der Waals surface area (Å²) in [5.41, 5.74) is 1.56. The molecule has 34 heavy (non-hydrogen) atoms. The highest BCUT2D eigenvalue weighted by atomic mass is 35.5. The van der Waals surface area contributed by atoms with Gasteiger partial charge in [-0.2, -0.15) is 0 Å². The number of carbonyl (C=O) groups excluding carboxylic acids is 3. The Morgan fingerprint density at radius 1 is 1.12 bits per heavy atom. The van der Waals surface area contributed by atoms with Crippen molar-refractivity contribution in [3.8, 4) is 11.5 Å². The Balaban J connectivity index is 1.40. The summed E-state index contributed by atoms with van der Waals surface area (Å²) in [7, 11) is 0. The standard InChI is InChI=1S/C25H22ClN3O5/c26-18-4-3-6-20(13-18)33-15-22(30)17-7-8-23-21(12-17)29(25(32)16-34-23)14-24(31)28-11-9-19-5-1-2-10-27-19/h1-8,10,12-13H,9,11,14-16H2,(H,28,31). The number of anilines is 1. The summed E-state index contributed by atoms with van der Waals surface area (Å²) in [6.07, 6.45) is 2.27. The highest BCUT2D eigenvalue weighted by Gasteiger charge is 2.28. The summed E-state index contributed by atoms with van der Waals surface area (Å²) >= 11 is 5.94. The first-order valence-electron chi connectivity index (χ1n) is 10.6. The minimum atomic E-state index is -0.368. The van der Waals surface area contributed by atoms with Crippen LogP contribution in [0.4, 0.5) is 5.69 Å². The molecule has 0 spiro atoms. The Hall–Kier alpha value is -3.91. The van der Waals surface area contributed by atoms with Crippen molar-refractivity contribution in [1.29, 1.82) is 0 Å². The first-order valence-corrected chi connectivity index (χ1v) is 11.0. The molecule has 2 amide bonds. The second-order valence-corrected chi connectivity index (χ2v) is 7.98. The van der Waals surface area contributed by atoms with Gasteiger partial charge in [-0.1, -0.05) is 23.7 Å². The minimum absolute atomic E-state index is 0.181. The van der Waals surface area contributed by atoms with Gasteiger partial charge in [0.2, 0.25) is 5.91 Å². The summed E-state index contributed by atoms with van der Waals surface area (Å²) in [6, 6.07) is 17.1. The molecule has 1 N–H and O–H groups in total. The van der Waals surface area contributed by atoms with Crippen LogP contribution in [-0.4, -0.2) is 48.9 Å². The number of nitrogens with one attached hydrogen (secondary N) is 1. The second-order valence-electron chi connectivity index (χ2n) is 7.54. The predicted octanol–water partition coefficient (Wildman–Crippen LogP) is 3.08. The lowest BCUT2D eigenvalue weighted by Crippen LogP contribution is -2.45. The van der Waals surface area contributed by atoms with Gasteiger partial charge in [0.1, 0.15) is 18.0 Å². The van der Waals surface area contributed by atoms with Gasteiger partial charge in [-0.05, 0) is 48.5 Å². The van der Waals surface area contributed by atoms with E-state index in [2.05, 4.69) is 10.3 Å². The van der Waals surface area contributed by atoms with Gasteiger partial charge in [0.05, 0.1) is 5.69 Å². The van der Waals surface area contributed by atoms with Crippen molar-refractivity contribution >= 4 is 34.9 Å². The summed E-state index contributed by atoms with van der Waals surface area (Å²) < 4.78 is 11.0. The Bertz CT molecular complexity index is 1200. The van der Waals surface area contributed by atoms with Gasteiger partial charge in [0.25, 0.3) is 5.91 Å². The molecule has 2 aromatic carbocycles. The van der Waals surface area contributed by atoms with E-state index in [0.717, 1.165) is 5.69 Å². The average Bonchev–Trinajstić information content (AvgIpc) is 2.85. The van der Waals surface area contributed by atoms with Crippen LogP contribution in [0, 0.1) is 0 Å². The number of Topliss-reactive ketones (excluding diaryl/α,β-unsaturated/α-hetero) is 1. The number of fused-ring (bicyclic) bond motifs is 1. The van der Waals surface area contributed by atoms with E-state index in [1.807, 2.05) is 18.2 Å². The predicted molar refractivity (Wildman–Crippen MR) is 127 cm³/mol. The molecule has 1 aromatic heterocycles. The molecule has 0 fully saturated rings. The zero-order chi connectivity index (χ0) is 23.9. The third kappa shape index (κ3) is 5.90. The molecule has 2 heterocycles. The topological polar surface area (TPSA) is 97.8 Å². The van der Waals surface area contributed by atoms with Crippen LogP contribution in [-0.2, 0) is 16.0 Å². The van der Waals surface area contributed by atoms with Crippen LogP contribution in [0.3, 0.4) is 0 Å². The van der Waals surface area contributed by atoms with Crippen LogP contribution >= 0.6 is 11.6 Å². The number of rotatable bonds is 9. The number of amides is 2. The van der Waals surface area contributed by atoms with Crippen molar-refractivity contribution in [2.24, 2.45) is 0 Å². The number of aromatic nitrogens is 1. The molecule has 0 saturated carbocycles. The Labute approximate surface area is 201 Å². The smallest absolute Gasteiger partial charge is 0.265 e. The maximum atomic E-state index is 12.7. The number of benzene rings is 2. The average molecular weight is 480 g/mol. The summed E-state index contributed by atoms with van der Waals surface area (Å²) in [6.45, 7) is -0.185. The van der Waals surface area contributed by atoms with Crippen molar-refractivity contribution < 1.29 is 23.9 Å². The molecule has 1 aliphatic rings. The van der Waals surface area contributed by atoms with Crippen molar-refractivity contribution in [1.82, 2.24) is 10.3 Å². The molecule has 0 atom stereocenters. The number of ketones is 1. The largest absolute Gasteiger partial charge is 0.485 e. The third-order valence-electron chi connectivity index (χ3n) is 5.12. The fraction of sp³-hybridized carbons (Fsp3) is 0.200. The van der Waals surface area contributed by atoms with E-state index in [9.17, 15) is 14.4 Å². The molecule has 0 bridgehead atoms. The van der Waals surface area contributed by atoms with E-state index >= 15 is 0 Å².